The second-order valence-corrected chi connectivity index (χ2v) is 9.32. The van der Waals surface area contributed by atoms with Crippen LogP contribution in [0.3, 0.4) is 0 Å². The van der Waals surface area contributed by atoms with Crippen molar-refractivity contribution in [2.24, 2.45) is 5.41 Å². The molecule has 0 aromatic heterocycles. The van der Waals surface area contributed by atoms with Gasteiger partial charge in [-0.3, -0.25) is 4.79 Å². The van der Waals surface area contributed by atoms with Crippen molar-refractivity contribution < 1.29 is 14.3 Å². The molecule has 3 aliphatic rings. The van der Waals surface area contributed by atoms with Crippen molar-refractivity contribution in [3.63, 3.8) is 0 Å². The van der Waals surface area contributed by atoms with Gasteiger partial charge in [-0.2, -0.15) is 0 Å². The molecule has 1 spiro atoms. The highest BCUT2D eigenvalue weighted by atomic mass is 16.6. The zero-order chi connectivity index (χ0) is 19.4. The number of amides is 2. The molecule has 6 nitrogen and oxygen atoms in total. The lowest BCUT2D eigenvalue weighted by atomic mass is 9.60. The Bertz CT molecular complexity index is 756. The lowest BCUT2D eigenvalue weighted by molar-refractivity contribution is -0.150. The number of likely N-dealkylation sites (tertiary alicyclic amines) is 1. The topological polar surface area (TPSA) is 61.9 Å². The largest absolute Gasteiger partial charge is 0.444 e. The molecule has 1 unspecified atom stereocenters. The van der Waals surface area contributed by atoms with Crippen molar-refractivity contribution in [2.45, 2.75) is 58.2 Å². The van der Waals surface area contributed by atoms with Crippen LogP contribution >= 0.6 is 0 Å². The van der Waals surface area contributed by atoms with E-state index >= 15 is 0 Å². The number of fused-ring (bicyclic) bond motifs is 1. The number of carbonyl (C=O) groups is 2. The fourth-order valence-electron chi connectivity index (χ4n) is 4.78. The van der Waals surface area contributed by atoms with Crippen molar-refractivity contribution in [1.82, 2.24) is 9.80 Å². The summed E-state index contributed by atoms with van der Waals surface area (Å²) in [5.74, 6) is 0.155. The maximum atomic E-state index is 12.8. The van der Waals surface area contributed by atoms with Crippen LogP contribution in [0.1, 0.15) is 52.1 Å². The van der Waals surface area contributed by atoms with Gasteiger partial charge in [-0.1, -0.05) is 18.2 Å². The first-order valence-corrected chi connectivity index (χ1v) is 9.79. The molecular weight excluding hydrogens is 342 g/mol. The molecule has 1 N–H and O–H groups in total. The molecule has 1 aromatic rings. The van der Waals surface area contributed by atoms with Gasteiger partial charge < -0.3 is 19.9 Å². The van der Waals surface area contributed by atoms with Gasteiger partial charge in [0, 0.05) is 30.2 Å². The third-order valence-electron chi connectivity index (χ3n) is 5.98. The summed E-state index contributed by atoms with van der Waals surface area (Å²) < 4.78 is 5.45. The number of nitrogens with one attached hydrogen (secondary N) is 1. The monoisotopic (exact) mass is 371 g/mol. The lowest BCUT2D eigenvalue weighted by Crippen LogP contribution is -2.68. The Hall–Kier alpha value is -2.24. The van der Waals surface area contributed by atoms with E-state index in [2.05, 4.69) is 23.2 Å². The number of hydrogen-bond donors (Lipinski definition) is 1. The second-order valence-electron chi connectivity index (χ2n) is 9.32. The third kappa shape index (κ3) is 3.26. The standard InChI is InChI=1S/C21H29N3O3/c1-14-16-7-5-6-8-17(16)22-11-18(25)24(14)15-9-21(10-15)12-23(13-21)19(26)27-20(2,3)4/h5-8,14-15,22H,9-13H2,1-4H3. The van der Waals surface area contributed by atoms with Crippen molar-refractivity contribution in [3.8, 4) is 0 Å². The first-order valence-electron chi connectivity index (χ1n) is 9.79. The maximum absolute atomic E-state index is 12.8. The minimum absolute atomic E-state index is 0.0630. The van der Waals surface area contributed by atoms with Crippen LogP contribution in [0.5, 0.6) is 0 Å². The number of nitrogens with zero attached hydrogens (tertiary/aromatic N) is 2. The minimum atomic E-state index is -0.462. The van der Waals surface area contributed by atoms with Crippen LogP contribution in [0.25, 0.3) is 0 Å². The van der Waals surface area contributed by atoms with E-state index in [1.54, 1.807) is 4.90 Å². The Morgan fingerprint density at radius 2 is 1.89 bits per heavy atom. The van der Waals surface area contributed by atoms with Gasteiger partial charge in [0.15, 0.2) is 0 Å². The first-order chi connectivity index (χ1) is 12.7. The zero-order valence-electron chi connectivity index (χ0n) is 16.6. The number of hydrogen-bond acceptors (Lipinski definition) is 4. The molecule has 2 heterocycles. The molecule has 1 atom stereocenters. The molecule has 2 amide bonds. The minimum Gasteiger partial charge on any atom is -0.444 e. The molecule has 2 aliphatic heterocycles. The van der Waals surface area contributed by atoms with Crippen LogP contribution in [0.4, 0.5) is 10.5 Å². The quantitative estimate of drug-likeness (QED) is 0.822. The molecule has 1 saturated carbocycles. The summed E-state index contributed by atoms with van der Waals surface area (Å²) in [5, 5.41) is 3.27. The average Bonchev–Trinajstić information content (AvgIpc) is 2.62. The van der Waals surface area contributed by atoms with Crippen LogP contribution in [0.15, 0.2) is 24.3 Å². The number of ether oxygens (including phenoxy) is 1. The van der Waals surface area contributed by atoms with Gasteiger partial charge in [0.2, 0.25) is 5.91 Å². The van der Waals surface area contributed by atoms with E-state index in [1.165, 1.54) is 5.56 Å². The fourth-order valence-corrected chi connectivity index (χ4v) is 4.78. The summed E-state index contributed by atoms with van der Waals surface area (Å²) in [4.78, 5) is 28.8. The molecule has 1 aliphatic carbocycles. The molecular formula is C21H29N3O3. The van der Waals surface area contributed by atoms with Crippen molar-refractivity contribution in [1.29, 1.82) is 0 Å². The molecule has 0 bridgehead atoms. The van der Waals surface area contributed by atoms with Crippen molar-refractivity contribution >= 4 is 17.7 Å². The molecule has 6 heteroatoms. The summed E-state index contributed by atoms with van der Waals surface area (Å²) in [6.07, 6.45) is 1.70. The molecule has 27 heavy (non-hydrogen) atoms. The maximum Gasteiger partial charge on any atom is 0.410 e. The Morgan fingerprint density at radius 1 is 1.22 bits per heavy atom. The summed E-state index contributed by atoms with van der Waals surface area (Å²) in [6.45, 7) is 9.60. The van der Waals surface area contributed by atoms with E-state index in [0.717, 1.165) is 31.6 Å². The Morgan fingerprint density at radius 3 is 2.56 bits per heavy atom. The van der Waals surface area contributed by atoms with Gasteiger partial charge in [0.1, 0.15) is 5.60 Å². The van der Waals surface area contributed by atoms with Gasteiger partial charge in [-0.25, -0.2) is 4.79 Å². The Kier molecular flexibility index (Phi) is 4.13. The Balaban J connectivity index is 1.38. The molecule has 2 fully saturated rings. The number of para-hydroxylation sites is 1. The highest BCUT2D eigenvalue weighted by Crippen LogP contribution is 2.52. The van der Waals surface area contributed by atoms with E-state index in [-0.39, 0.29) is 29.5 Å². The van der Waals surface area contributed by atoms with Gasteiger partial charge in [-0.15, -0.1) is 0 Å². The lowest BCUT2D eigenvalue weighted by Gasteiger charge is -2.61. The third-order valence-corrected chi connectivity index (χ3v) is 5.98. The average molecular weight is 371 g/mol. The highest BCUT2D eigenvalue weighted by molar-refractivity contribution is 5.84. The van der Waals surface area contributed by atoms with Crippen LogP contribution < -0.4 is 5.32 Å². The first kappa shape index (κ1) is 18.1. The molecule has 146 valence electrons. The van der Waals surface area contributed by atoms with E-state index in [1.807, 2.05) is 39.0 Å². The molecule has 0 radical (unpaired) electrons. The van der Waals surface area contributed by atoms with Gasteiger partial charge in [0.05, 0.1) is 12.6 Å². The fraction of sp³-hybridized carbons (Fsp3) is 0.619. The van der Waals surface area contributed by atoms with Crippen LogP contribution in [0, 0.1) is 5.41 Å². The van der Waals surface area contributed by atoms with Crippen molar-refractivity contribution in [2.75, 3.05) is 25.0 Å². The Labute approximate surface area is 160 Å². The number of carbonyl (C=O) groups excluding carboxylic acids is 2. The zero-order valence-corrected chi connectivity index (χ0v) is 16.6. The van der Waals surface area contributed by atoms with E-state index in [4.69, 9.17) is 4.74 Å². The predicted molar refractivity (Wildman–Crippen MR) is 103 cm³/mol. The van der Waals surface area contributed by atoms with Gasteiger partial charge in [-0.05, 0) is 52.2 Å². The van der Waals surface area contributed by atoms with Crippen LogP contribution in [0.2, 0.25) is 0 Å². The highest BCUT2D eigenvalue weighted by Gasteiger charge is 2.57. The predicted octanol–water partition coefficient (Wildman–Crippen LogP) is 3.40. The molecule has 4 rings (SSSR count). The second kappa shape index (κ2) is 6.14. The van der Waals surface area contributed by atoms with Gasteiger partial charge in [0.25, 0.3) is 0 Å². The van der Waals surface area contributed by atoms with Crippen LogP contribution in [-0.4, -0.2) is 53.1 Å². The smallest absolute Gasteiger partial charge is 0.410 e. The van der Waals surface area contributed by atoms with Gasteiger partial charge >= 0.3 is 6.09 Å². The number of anilines is 1. The summed E-state index contributed by atoms with van der Waals surface area (Å²) in [5.41, 5.74) is 1.93. The SMILES string of the molecule is CC1c2ccccc2NCC(=O)N1C1CC2(C1)CN(C(=O)OC(C)(C)C)C2. The summed E-state index contributed by atoms with van der Waals surface area (Å²) >= 11 is 0. The van der Waals surface area contributed by atoms with E-state index in [0.29, 0.717) is 6.54 Å². The summed E-state index contributed by atoms with van der Waals surface area (Å²) in [7, 11) is 0. The molecule has 1 saturated heterocycles. The van der Waals surface area contributed by atoms with Crippen molar-refractivity contribution in [3.05, 3.63) is 29.8 Å². The summed E-state index contributed by atoms with van der Waals surface area (Å²) in [6, 6.07) is 8.47. The number of rotatable bonds is 1. The number of benzene rings is 1. The van der Waals surface area contributed by atoms with E-state index in [9.17, 15) is 9.59 Å². The normalized spacial score (nSPS) is 24.4. The molecule has 1 aromatic carbocycles. The van der Waals surface area contributed by atoms with E-state index < -0.39 is 5.60 Å². The van der Waals surface area contributed by atoms with Crippen LogP contribution in [-0.2, 0) is 9.53 Å².